The highest BCUT2D eigenvalue weighted by atomic mass is 35.5. The van der Waals surface area contributed by atoms with E-state index in [2.05, 4.69) is 61.2 Å². The number of halogens is 2. The number of aromatic hydroxyl groups is 5. The Morgan fingerprint density at radius 2 is 0.618 bits per heavy atom. The summed E-state index contributed by atoms with van der Waals surface area (Å²) in [5, 5.41) is 77.0. The quantitative estimate of drug-likeness (QED) is 0.0128. The number of anilines is 5. The van der Waals surface area contributed by atoms with Gasteiger partial charge in [0.25, 0.3) is 29.5 Å². The fraction of sp³-hybridized carbons (Fsp3) is 0.310. The van der Waals surface area contributed by atoms with Crippen LogP contribution in [0.4, 0.5) is 28.4 Å². The van der Waals surface area contributed by atoms with Gasteiger partial charge in [0.15, 0.2) is 0 Å². The number of carbonyl (C=O) groups is 5. The number of unbranched alkanes of at least 4 members (excludes halogenated alkanes) is 15. The van der Waals surface area contributed by atoms with Crippen molar-refractivity contribution >= 4 is 136 Å². The number of aryl methyl sites for hydroxylation is 9. The highest BCUT2D eigenvalue weighted by Crippen LogP contribution is 2.35. The van der Waals surface area contributed by atoms with Gasteiger partial charge >= 0.3 is 22.5 Å². The van der Waals surface area contributed by atoms with E-state index in [-0.39, 0.29) is 91.9 Å². The van der Waals surface area contributed by atoms with Gasteiger partial charge in [0, 0.05) is 91.1 Å². The molecular weight excluding hydrogens is 1870 g/mol. The molecule has 11 N–H and O–H groups in total. The summed E-state index contributed by atoms with van der Waals surface area (Å²) >= 11 is 12.3. The second kappa shape index (κ2) is 54.3. The van der Waals surface area contributed by atoms with Gasteiger partial charge in [0.05, 0.1) is 17.8 Å². The lowest BCUT2D eigenvalue weighted by Gasteiger charge is -2.10. The van der Waals surface area contributed by atoms with Crippen LogP contribution in [0.5, 0.6) is 34.5 Å². The molecule has 0 aliphatic heterocycles. The molecule has 28 heteroatoms. The number of hydrogen-bond donors (Lipinski definition) is 11. The van der Waals surface area contributed by atoms with E-state index >= 15 is 0 Å². The second-order valence-electron chi connectivity index (χ2n) is 35.6. The summed E-state index contributed by atoms with van der Waals surface area (Å²) in [5.74, 6) is -1.43. The van der Waals surface area contributed by atoms with Crippen LogP contribution in [0.15, 0.2) is 241 Å². The first-order valence-corrected chi connectivity index (χ1v) is 49.4. The molecule has 0 saturated carbocycles. The van der Waals surface area contributed by atoms with Crippen LogP contribution >= 0.6 is 23.2 Å². The monoisotopic (exact) mass is 1990 g/mol. The summed E-state index contributed by atoms with van der Waals surface area (Å²) in [5.41, 5.74) is 8.46. The normalized spacial score (nSPS) is 10.9. The number of carbonyl (C=O) groups excluding carboxylic acids is 5. The molecule has 15 aromatic rings. The zero-order valence-electron chi connectivity index (χ0n) is 82.3. The molecule has 5 heterocycles. The van der Waals surface area contributed by atoms with Crippen LogP contribution in [0.25, 0.3) is 54.8 Å². The minimum atomic E-state index is -0.756. The zero-order valence-corrected chi connectivity index (χ0v) is 83.9. The van der Waals surface area contributed by atoms with E-state index < -0.39 is 52.0 Å². The van der Waals surface area contributed by atoms with Crippen molar-refractivity contribution < 1.29 is 76.3 Å². The molecule has 0 spiro atoms. The Bertz CT molecular complexity index is 7390. The Morgan fingerprint density at radius 1 is 0.312 bits per heavy atom. The first kappa shape index (κ1) is 111. The maximum Gasteiger partial charge on any atom is 0.349 e. The van der Waals surface area contributed by atoms with Crippen molar-refractivity contribution in [2.75, 3.05) is 33.7 Å². The van der Waals surface area contributed by atoms with Crippen molar-refractivity contribution in [3.8, 4) is 34.5 Å². The van der Waals surface area contributed by atoms with Gasteiger partial charge in [0.2, 0.25) is 5.55 Å². The van der Waals surface area contributed by atoms with Gasteiger partial charge in [-0.3, -0.25) is 29.4 Å². The van der Waals surface area contributed by atoms with Crippen molar-refractivity contribution in [2.24, 2.45) is 0 Å². The largest absolute Gasteiger partial charge is 0.508 e. The topological polar surface area (TPSA) is 414 Å². The smallest absolute Gasteiger partial charge is 0.349 e. The number of fused-ring (bicyclic) bond motifs is 5. The van der Waals surface area contributed by atoms with Crippen LogP contribution in [0.2, 0.25) is 10.0 Å². The summed E-state index contributed by atoms with van der Waals surface area (Å²) in [4.78, 5) is 112. The summed E-state index contributed by atoms with van der Waals surface area (Å²) in [6.45, 7) is 18.3. The van der Waals surface area contributed by atoms with Crippen molar-refractivity contribution in [1.29, 1.82) is 5.41 Å². The fourth-order valence-corrected chi connectivity index (χ4v) is 16.3. The lowest BCUT2D eigenvalue weighted by atomic mass is 10.0. The van der Waals surface area contributed by atoms with Gasteiger partial charge < -0.3 is 78.9 Å². The first-order valence-electron chi connectivity index (χ1n) is 48.6. The minimum Gasteiger partial charge on any atom is -0.508 e. The average molecular weight is 2000 g/mol. The molecule has 0 saturated heterocycles. The Labute approximate surface area is 846 Å². The van der Waals surface area contributed by atoms with Crippen molar-refractivity contribution in [3.63, 3.8) is 0 Å². The van der Waals surface area contributed by atoms with E-state index in [1.54, 1.807) is 103 Å². The molecular formula is C116H128Cl2N6O20. The Balaban J connectivity index is 0.000000184. The lowest BCUT2D eigenvalue weighted by molar-refractivity contribution is 0.101. The highest BCUT2D eigenvalue weighted by Gasteiger charge is 2.24. The van der Waals surface area contributed by atoms with E-state index in [4.69, 9.17) is 55.4 Å². The van der Waals surface area contributed by atoms with Crippen molar-refractivity contribution in [2.45, 2.75) is 230 Å². The van der Waals surface area contributed by atoms with E-state index in [0.29, 0.717) is 76.7 Å². The van der Waals surface area contributed by atoms with Gasteiger partial charge in [-0.25, -0.2) is 19.2 Å². The van der Waals surface area contributed by atoms with Gasteiger partial charge in [-0.2, -0.15) is 0 Å². The Hall–Kier alpha value is -15.0. The molecule has 5 amide bonds. The number of amides is 5. The molecule has 0 unspecified atom stereocenters. The Kier molecular flexibility index (Phi) is 41.8. The number of methoxy groups -OCH3 is 1. The third-order valence-electron chi connectivity index (χ3n) is 24.2. The van der Waals surface area contributed by atoms with Crippen LogP contribution in [0, 0.1) is 33.1 Å². The van der Waals surface area contributed by atoms with Gasteiger partial charge in [0.1, 0.15) is 90.2 Å². The molecule has 0 atom stereocenters. The first-order chi connectivity index (χ1) is 68.7. The third-order valence-corrected chi connectivity index (χ3v) is 25.1. The van der Waals surface area contributed by atoms with Gasteiger partial charge in [-0.15, -0.1) is 0 Å². The number of benzene rings is 10. The van der Waals surface area contributed by atoms with Crippen molar-refractivity contribution in [3.05, 3.63) is 335 Å². The van der Waals surface area contributed by atoms with Crippen molar-refractivity contribution in [1.82, 2.24) is 0 Å². The minimum absolute atomic E-state index is 0. The van der Waals surface area contributed by atoms with Crippen LogP contribution in [-0.2, 0) is 32.1 Å². The molecule has 10 aromatic carbocycles. The molecule has 144 heavy (non-hydrogen) atoms. The molecule has 15 rings (SSSR count). The lowest BCUT2D eigenvalue weighted by Crippen LogP contribution is -2.21. The van der Waals surface area contributed by atoms with Gasteiger partial charge in [-0.05, 0) is 258 Å². The maximum atomic E-state index is 12.7. The number of phenols is 5. The van der Waals surface area contributed by atoms with E-state index in [0.717, 1.165) is 211 Å². The number of hydrogen-bond acceptors (Lipinski definition) is 21. The molecule has 0 fully saturated rings. The summed E-state index contributed by atoms with van der Waals surface area (Å²) in [6.07, 6.45) is 25.6. The van der Waals surface area contributed by atoms with E-state index in [1.165, 1.54) is 61.7 Å². The molecule has 5 aromatic heterocycles. The van der Waals surface area contributed by atoms with E-state index in [1.807, 2.05) is 70.2 Å². The second-order valence-corrected chi connectivity index (χ2v) is 36.4. The van der Waals surface area contributed by atoms with Crippen LogP contribution < -0.4 is 59.4 Å². The highest BCUT2D eigenvalue weighted by molar-refractivity contribution is 6.34. The molecule has 756 valence electrons. The molecule has 26 nitrogen and oxygen atoms in total. The molecule has 0 aliphatic carbocycles. The summed E-state index contributed by atoms with van der Waals surface area (Å²) in [7, 11) is 1.54. The summed E-state index contributed by atoms with van der Waals surface area (Å²) in [6, 6.07) is 56.0. The number of phenolic OH excluding ortho intramolecular Hbond substituents is 5. The van der Waals surface area contributed by atoms with Gasteiger partial charge in [-0.1, -0.05) is 210 Å². The average Bonchev–Trinajstić information content (AvgIpc) is 0.809. The number of ether oxygens (including phenoxy) is 1. The Morgan fingerprint density at radius 3 is 0.958 bits per heavy atom. The molecule has 0 bridgehead atoms. The molecule has 0 radical (unpaired) electrons. The van der Waals surface area contributed by atoms with Crippen LogP contribution in [0.1, 0.15) is 272 Å². The van der Waals surface area contributed by atoms with Crippen LogP contribution in [-0.4, -0.2) is 62.2 Å². The summed E-state index contributed by atoms with van der Waals surface area (Å²) < 4.78 is 31.7. The fourth-order valence-electron chi connectivity index (χ4n) is 16.1. The standard InChI is InChI=1S/C23H25ClN2O3.C23H24ClNO4.C23H25NO5.2C23H25NO4.CH4/c1-3-4-5-6-9-15-11-16-12-17(22(25)29-20(16)13-19(15)27)23(28)26-18-10-7-8-14(2)21(18)24;1-3-4-5-6-7-15-11-16-12-18(23(28)29-21(16)13-20(15)26)22(27)25-17-8-9-19(24)14(2)10-17;1-3-4-5-6-8-15-11-16-12-19(23(27)29-21(16)14-20(15)25)22(26)24-17-9-7-10-18(13-17)28-2;1-3-4-5-6-9-16-12-17-13-19(23(27)28-21(17)14-20(16)25)22(26)24-18-10-7-8-15(2)11-18;1-3-4-5-6-7-16-12-17-13-19(23(27)28-21(17)14-20(16)25)22(26)24-18-10-8-15(2)9-11-18;/h7-8,10-13,25,27H,3-6,9H2,1-2H3,(H,26,28);8-13,26H,3-7H2,1-2H3,(H,25,27);7,9-14,25H,3-6,8H2,1-2H3,(H,24,26);7-8,10-14,25H,3-6,9H2,1-2H3,(H,24,26);8-14,25H,3-7H2,1-2H3,(H,24,26);1H4. The predicted molar refractivity (Wildman–Crippen MR) is 574 cm³/mol. The maximum absolute atomic E-state index is 12.7. The van der Waals surface area contributed by atoms with E-state index in [9.17, 15) is 68.7 Å². The number of nitrogens with one attached hydrogen (secondary N) is 6. The third kappa shape index (κ3) is 31.2. The SMILES string of the molecule is C.CCCCCCc1cc2cc(C(=O)Nc3ccc(C)cc3)c(=O)oc2cc1O.CCCCCCc1cc2cc(C(=O)Nc3ccc(Cl)c(C)c3)c(=O)oc2cc1O.CCCCCCc1cc2cc(C(=O)Nc3cccc(C)c3)c(=O)oc2cc1O.CCCCCCc1cc2cc(C(=O)Nc3cccc(C)c3Cl)c(=N)oc2cc1O.CCCCCCc1cc2cc(C(=O)Nc3cccc(OC)c3)c(=O)oc2cc1O. The zero-order chi connectivity index (χ0) is 103. The van der Waals surface area contributed by atoms with Crippen LogP contribution in [0.3, 0.4) is 0 Å². The molecule has 0 aliphatic rings. The predicted octanol–water partition coefficient (Wildman–Crippen LogP) is 27.7. The number of rotatable bonds is 36.